The molecule has 1 aliphatic rings. The standard InChI is InChI=1S/C26H53O5PS/c1-3-4-5-6-9-12-15-24-17-19-25(20-18-24)16-13-10-7-8-11-14-21-33-23-26(30-2)22-31-32(27,28)29/h24-26H,3-23H2,1-2H3,(H2,27,28,29). The fourth-order valence-electron chi connectivity index (χ4n) is 4.95. The third-order valence-electron chi connectivity index (χ3n) is 7.15. The van der Waals surface area contributed by atoms with Crippen molar-refractivity contribution in [1.29, 1.82) is 0 Å². The van der Waals surface area contributed by atoms with Gasteiger partial charge in [-0.05, 0) is 24.0 Å². The quantitative estimate of drug-likeness (QED) is 0.114. The Kier molecular flexibility index (Phi) is 19.6. The van der Waals surface area contributed by atoms with Crippen LogP contribution in [0, 0.1) is 11.8 Å². The third kappa shape index (κ3) is 19.3. The molecule has 7 heteroatoms. The number of phosphoric acid groups is 1. The topological polar surface area (TPSA) is 76.0 Å². The van der Waals surface area contributed by atoms with Crippen molar-refractivity contribution in [3.8, 4) is 0 Å². The molecule has 0 aromatic rings. The fourth-order valence-corrected chi connectivity index (χ4v) is 6.38. The number of hydrogen-bond acceptors (Lipinski definition) is 4. The maximum Gasteiger partial charge on any atom is 0.469 e. The Hall–Kier alpha value is 0.420. The molecule has 0 heterocycles. The summed E-state index contributed by atoms with van der Waals surface area (Å²) in [5.41, 5.74) is 0. The molecule has 1 atom stereocenters. The van der Waals surface area contributed by atoms with Crippen LogP contribution in [-0.4, -0.2) is 41.1 Å². The van der Waals surface area contributed by atoms with Gasteiger partial charge in [0, 0.05) is 12.9 Å². The van der Waals surface area contributed by atoms with Gasteiger partial charge in [0.25, 0.3) is 0 Å². The minimum Gasteiger partial charge on any atom is -0.378 e. The van der Waals surface area contributed by atoms with Crippen LogP contribution in [0.15, 0.2) is 0 Å². The number of methoxy groups -OCH3 is 1. The molecule has 0 saturated heterocycles. The Labute approximate surface area is 208 Å². The molecule has 0 bridgehead atoms. The summed E-state index contributed by atoms with van der Waals surface area (Å²) in [5, 5.41) is 0. The largest absolute Gasteiger partial charge is 0.469 e. The Morgan fingerprint density at radius 1 is 0.818 bits per heavy atom. The highest BCUT2D eigenvalue weighted by atomic mass is 32.2. The molecular formula is C26H53O5PS. The van der Waals surface area contributed by atoms with Gasteiger partial charge in [0.05, 0.1) is 12.7 Å². The van der Waals surface area contributed by atoms with Crippen molar-refractivity contribution in [2.24, 2.45) is 11.8 Å². The Morgan fingerprint density at radius 2 is 1.30 bits per heavy atom. The zero-order valence-electron chi connectivity index (χ0n) is 21.6. The van der Waals surface area contributed by atoms with E-state index in [0.29, 0.717) is 5.75 Å². The number of rotatable bonds is 22. The monoisotopic (exact) mass is 508 g/mol. The molecule has 0 aromatic carbocycles. The van der Waals surface area contributed by atoms with E-state index in [1.165, 1.54) is 116 Å². The molecule has 1 unspecified atom stereocenters. The Bertz CT molecular complexity index is 479. The number of unbranched alkanes of at least 4 members (excludes halogenated alkanes) is 10. The van der Waals surface area contributed by atoms with Crippen molar-refractivity contribution in [1.82, 2.24) is 0 Å². The van der Waals surface area contributed by atoms with E-state index in [1.54, 1.807) is 18.9 Å². The van der Waals surface area contributed by atoms with Crippen molar-refractivity contribution in [3.63, 3.8) is 0 Å². The fraction of sp³-hybridized carbons (Fsp3) is 1.00. The first-order valence-corrected chi connectivity index (χ1v) is 16.4. The molecule has 5 nitrogen and oxygen atoms in total. The number of phosphoric ester groups is 1. The van der Waals surface area contributed by atoms with Crippen LogP contribution < -0.4 is 0 Å². The molecule has 1 rings (SSSR count). The smallest absolute Gasteiger partial charge is 0.378 e. The van der Waals surface area contributed by atoms with Gasteiger partial charge in [-0.2, -0.15) is 11.8 Å². The number of hydrogen-bond donors (Lipinski definition) is 2. The minimum atomic E-state index is -4.41. The lowest BCUT2D eigenvalue weighted by molar-refractivity contribution is 0.0605. The first kappa shape index (κ1) is 31.4. The van der Waals surface area contributed by atoms with Gasteiger partial charge >= 0.3 is 7.82 Å². The lowest BCUT2D eigenvalue weighted by atomic mass is 9.78. The normalized spacial score (nSPS) is 20.2. The van der Waals surface area contributed by atoms with Gasteiger partial charge in [-0.1, -0.05) is 116 Å². The molecule has 198 valence electrons. The van der Waals surface area contributed by atoms with E-state index >= 15 is 0 Å². The molecule has 0 aliphatic heterocycles. The molecule has 2 N–H and O–H groups in total. The predicted octanol–water partition coefficient (Wildman–Crippen LogP) is 8.13. The van der Waals surface area contributed by atoms with Crippen LogP contribution >= 0.6 is 19.6 Å². The first-order chi connectivity index (χ1) is 15.9. The lowest BCUT2D eigenvalue weighted by Gasteiger charge is -2.28. The van der Waals surface area contributed by atoms with E-state index < -0.39 is 7.82 Å². The van der Waals surface area contributed by atoms with Crippen molar-refractivity contribution in [2.75, 3.05) is 25.2 Å². The number of ether oxygens (including phenoxy) is 1. The van der Waals surface area contributed by atoms with E-state index in [-0.39, 0.29) is 12.7 Å². The molecule has 33 heavy (non-hydrogen) atoms. The van der Waals surface area contributed by atoms with Gasteiger partial charge in [0.2, 0.25) is 0 Å². The summed E-state index contributed by atoms with van der Waals surface area (Å²) >= 11 is 1.77. The highest BCUT2D eigenvalue weighted by molar-refractivity contribution is 7.99. The summed E-state index contributed by atoms with van der Waals surface area (Å²) in [6.45, 7) is 2.23. The van der Waals surface area contributed by atoms with Gasteiger partial charge in [-0.3, -0.25) is 4.52 Å². The van der Waals surface area contributed by atoms with E-state index in [0.717, 1.165) is 17.6 Å². The summed E-state index contributed by atoms with van der Waals surface area (Å²) in [6.07, 6.45) is 25.2. The van der Waals surface area contributed by atoms with Gasteiger partial charge in [0.15, 0.2) is 0 Å². The predicted molar refractivity (Wildman–Crippen MR) is 142 cm³/mol. The second-order valence-corrected chi connectivity index (χ2v) is 12.5. The SMILES string of the molecule is CCCCCCCCC1CCC(CCCCCCCCSCC(COP(=O)(O)O)OC)CC1. The van der Waals surface area contributed by atoms with Crippen molar-refractivity contribution < 1.29 is 23.6 Å². The maximum atomic E-state index is 10.8. The van der Waals surface area contributed by atoms with Crippen LogP contribution in [-0.2, 0) is 13.8 Å². The molecular weight excluding hydrogens is 455 g/mol. The van der Waals surface area contributed by atoms with Gasteiger partial charge < -0.3 is 14.5 Å². The van der Waals surface area contributed by atoms with Crippen LogP contribution in [0.2, 0.25) is 0 Å². The highest BCUT2D eigenvalue weighted by Gasteiger charge is 2.20. The average Bonchev–Trinajstić information content (AvgIpc) is 2.79. The maximum absolute atomic E-state index is 10.8. The Morgan fingerprint density at radius 3 is 1.79 bits per heavy atom. The van der Waals surface area contributed by atoms with E-state index in [2.05, 4.69) is 11.4 Å². The van der Waals surface area contributed by atoms with Crippen molar-refractivity contribution in [2.45, 2.75) is 129 Å². The Balaban J connectivity index is 1.86. The molecule has 0 radical (unpaired) electrons. The van der Waals surface area contributed by atoms with E-state index in [4.69, 9.17) is 14.5 Å². The van der Waals surface area contributed by atoms with Crippen LogP contribution in [0.1, 0.15) is 122 Å². The summed E-state index contributed by atoms with van der Waals surface area (Å²) in [4.78, 5) is 17.5. The minimum absolute atomic E-state index is 0.0610. The molecule has 1 fully saturated rings. The lowest BCUT2D eigenvalue weighted by Crippen LogP contribution is -2.20. The second-order valence-electron chi connectivity index (χ2n) is 10.1. The van der Waals surface area contributed by atoms with Crippen LogP contribution in [0.25, 0.3) is 0 Å². The summed E-state index contributed by atoms with van der Waals surface area (Å²) in [5.74, 6) is 3.81. The van der Waals surface area contributed by atoms with Gasteiger partial charge in [-0.25, -0.2) is 4.57 Å². The van der Waals surface area contributed by atoms with E-state index in [1.807, 2.05) is 0 Å². The summed E-state index contributed by atoms with van der Waals surface area (Å²) in [6, 6.07) is 0. The summed E-state index contributed by atoms with van der Waals surface area (Å²) in [7, 11) is -2.85. The molecule has 1 saturated carbocycles. The van der Waals surface area contributed by atoms with Crippen molar-refractivity contribution in [3.05, 3.63) is 0 Å². The van der Waals surface area contributed by atoms with Gasteiger partial charge in [-0.15, -0.1) is 0 Å². The van der Waals surface area contributed by atoms with E-state index in [9.17, 15) is 4.57 Å². The van der Waals surface area contributed by atoms with Crippen LogP contribution in [0.5, 0.6) is 0 Å². The highest BCUT2D eigenvalue weighted by Crippen LogP contribution is 2.36. The zero-order valence-corrected chi connectivity index (χ0v) is 23.3. The molecule has 0 amide bonds. The summed E-state index contributed by atoms with van der Waals surface area (Å²) < 4.78 is 20.5. The molecule has 1 aliphatic carbocycles. The first-order valence-electron chi connectivity index (χ1n) is 13.7. The zero-order chi connectivity index (χ0) is 24.2. The third-order valence-corrected chi connectivity index (χ3v) is 8.82. The average molecular weight is 509 g/mol. The van der Waals surface area contributed by atoms with Crippen LogP contribution in [0.4, 0.5) is 0 Å². The molecule has 0 aromatic heterocycles. The number of thioether (sulfide) groups is 1. The van der Waals surface area contributed by atoms with Gasteiger partial charge in [0.1, 0.15) is 0 Å². The van der Waals surface area contributed by atoms with Crippen LogP contribution in [0.3, 0.4) is 0 Å². The molecule has 0 spiro atoms. The van der Waals surface area contributed by atoms with Crippen molar-refractivity contribution >= 4 is 19.6 Å². The second kappa shape index (κ2) is 20.6.